The molecule has 0 radical (unpaired) electrons. The molecule has 1 aromatic carbocycles. The van der Waals surface area contributed by atoms with Crippen molar-refractivity contribution in [3.8, 4) is 0 Å². The maximum Gasteiger partial charge on any atom is 0.164 e. The van der Waals surface area contributed by atoms with Gasteiger partial charge in [0.2, 0.25) is 0 Å². The first-order valence-electron chi connectivity index (χ1n) is 7.86. The number of Topliss-reactive ketones (excluding diaryl/α,β-unsaturated/α-hetero) is 1. The van der Waals surface area contributed by atoms with E-state index in [1.54, 1.807) is 7.11 Å². The summed E-state index contributed by atoms with van der Waals surface area (Å²) in [5.74, 6) is 0.857. The van der Waals surface area contributed by atoms with Crippen molar-refractivity contribution in [2.75, 3.05) is 26.7 Å². The van der Waals surface area contributed by atoms with Crippen molar-refractivity contribution >= 4 is 5.78 Å². The lowest BCUT2D eigenvalue weighted by atomic mass is 9.95. The van der Waals surface area contributed by atoms with Crippen LogP contribution in [-0.4, -0.2) is 43.5 Å². The Labute approximate surface area is 128 Å². The third kappa shape index (κ3) is 4.39. The van der Waals surface area contributed by atoms with E-state index in [1.165, 1.54) is 0 Å². The van der Waals surface area contributed by atoms with E-state index < -0.39 is 0 Å². The van der Waals surface area contributed by atoms with E-state index in [0.717, 1.165) is 42.7 Å². The number of carbonyl (C=O) groups is 1. The highest BCUT2D eigenvalue weighted by Gasteiger charge is 2.26. The molecular weight excluding hydrogens is 262 g/mol. The maximum absolute atomic E-state index is 12.3. The number of methoxy groups -OCH3 is 1. The Hall–Kier alpha value is -1.19. The van der Waals surface area contributed by atoms with Crippen molar-refractivity contribution in [2.24, 2.45) is 5.92 Å². The molecule has 21 heavy (non-hydrogen) atoms. The van der Waals surface area contributed by atoms with Crippen LogP contribution in [0.5, 0.6) is 0 Å². The van der Waals surface area contributed by atoms with Gasteiger partial charge in [0.15, 0.2) is 5.78 Å². The monoisotopic (exact) mass is 289 g/mol. The van der Waals surface area contributed by atoms with Crippen LogP contribution in [-0.2, 0) is 4.74 Å². The largest absolute Gasteiger partial charge is 0.380 e. The van der Waals surface area contributed by atoms with E-state index >= 15 is 0 Å². The highest BCUT2D eigenvalue weighted by molar-refractivity contribution is 5.96. The lowest BCUT2D eigenvalue weighted by Gasteiger charge is -2.36. The van der Waals surface area contributed by atoms with Gasteiger partial charge in [0.1, 0.15) is 0 Å². The summed E-state index contributed by atoms with van der Waals surface area (Å²) in [6, 6.07) is 6.09. The van der Waals surface area contributed by atoms with Gasteiger partial charge >= 0.3 is 0 Å². The molecule has 116 valence electrons. The average Bonchev–Trinajstić information content (AvgIpc) is 2.45. The summed E-state index contributed by atoms with van der Waals surface area (Å²) in [6.07, 6.45) is 2.04. The van der Waals surface area contributed by atoms with Crippen molar-refractivity contribution in [2.45, 2.75) is 39.7 Å². The predicted octanol–water partition coefficient (Wildman–Crippen LogP) is 3.23. The Balaban J connectivity index is 1.89. The highest BCUT2D eigenvalue weighted by Crippen LogP contribution is 2.20. The molecule has 2 rings (SSSR count). The second-order valence-electron chi connectivity index (χ2n) is 6.39. The molecule has 0 aliphatic carbocycles. The molecule has 0 spiro atoms. The molecule has 0 aromatic heterocycles. The zero-order valence-corrected chi connectivity index (χ0v) is 13.7. The number of likely N-dealkylation sites (tertiary alicyclic amines) is 1. The number of benzene rings is 1. The Morgan fingerprint density at radius 3 is 2.57 bits per heavy atom. The van der Waals surface area contributed by atoms with Gasteiger partial charge in [0, 0.05) is 32.2 Å². The maximum atomic E-state index is 12.3. The molecule has 1 aliphatic rings. The summed E-state index contributed by atoms with van der Waals surface area (Å²) in [5.41, 5.74) is 3.16. The second-order valence-corrected chi connectivity index (χ2v) is 6.39. The fourth-order valence-corrected chi connectivity index (χ4v) is 3.15. The van der Waals surface area contributed by atoms with E-state index in [-0.39, 0.29) is 5.78 Å². The topological polar surface area (TPSA) is 29.5 Å². The van der Waals surface area contributed by atoms with Gasteiger partial charge in [-0.2, -0.15) is 0 Å². The van der Waals surface area contributed by atoms with E-state index in [2.05, 4.69) is 17.9 Å². The molecule has 2 atom stereocenters. The molecule has 1 fully saturated rings. The van der Waals surface area contributed by atoms with Crippen LogP contribution in [0.25, 0.3) is 0 Å². The van der Waals surface area contributed by atoms with Gasteiger partial charge in [0.25, 0.3) is 0 Å². The van der Waals surface area contributed by atoms with Gasteiger partial charge in [-0.25, -0.2) is 0 Å². The van der Waals surface area contributed by atoms with E-state index in [0.29, 0.717) is 18.4 Å². The first kappa shape index (κ1) is 16.2. The lowest BCUT2D eigenvalue weighted by Crippen LogP contribution is -2.44. The smallest absolute Gasteiger partial charge is 0.164 e. The summed E-state index contributed by atoms with van der Waals surface area (Å²) >= 11 is 0. The third-order valence-corrected chi connectivity index (χ3v) is 4.47. The zero-order chi connectivity index (χ0) is 15.4. The third-order valence-electron chi connectivity index (χ3n) is 4.47. The quantitative estimate of drug-likeness (QED) is 0.779. The van der Waals surface area contributed by atoms with Gasteiger partial charge in [-0.05, 0) is 44.9 Å². The summed E-state index contributed by atoms with van der Waals surface area (Å²) < 4.78 is 5.53. The molecule has 0 amide bonds. The van der Waals surface area contributed by atoms with Gasteiger partial charge in [-0.15, -0.1) is 0 Å². The Kier molecular flexibility index (Phi) is 5.54. The number of hydrogen-bond acceptors (Lipinski definition) is 3. The van der Waals surface area contributed by atoms with Gasteiger partial charge in [-0.1, -0.05) is 24.1 Å². The molecule has 1 heterocycles. The minimum absolute atomic E-state index is 0.245. The van der Waals surface area contributed by atoms with Gasteiger partial charge in [-0.3, -0.25) is 4.79 Å². The second kappa shape index (κ2) is 7.19. The minimum Gasteiger partial charge on any atom is -0.380 e. The first-order chi connectivity index (χ1) is 9.99. The van der Waals surface area contributed by atoms with E-state index in [4.69, 9.17) is 4.74 Å². The summed E-state index contributed by atoms with van der Waals surface area (Å²) in [5, 5.41) is 0. The number of carbonyl (C=O) groups excluding carboxylic acids is 1. The van der Waals surface area contributed by atoms with Crippen LogP contribution in [0.4, 0.5) is 0 Å². The lowest BCUT2D eigenvalue weighted by molar-refractivity contribution is -0.00479. The summed E-state index contributed by atoms with van der Waals surface area (Å²) in [4.78, 5) is 14.7. The molecule has 1 saturated heterocycles. The number of ketones is 1. The molecule has 3 nitrogen and oxygen atoms in total. The standard InChI is InChI=1S/C18H27NO2/c1-13-9-14(2)11-16(10-13)17(20)6-8-19-7-5-15(3)18(12-19)21-4/h9-11,15,18H,5-8,12H2,1-4H3. The summed E-state index contributed by atoms with van der Waals surface area (Å²) in [7, 11) is 1.78. The molecule has 1 aliphatic heterocycles. The molecule has 0 saturated carbocycles. The first-order valence-corrected chi connectivity index (χ1v) is 7.86. The van der Waals surface area contributed by atoms with Crippen LogP contribution >= 0.6 is 0 Å². The number of rotatable bonds is 5. The summed E-state index contributed by atoms with van der Waals surface area (Å²) in [6.45, 7) is 9.17. The molecular formula is C18H27NO2. The van der Waals surface area contributed by atoms with Crippen molar-refractivity contribution in [1.29, 1.82) is 0 Å². The number of nitrogens with zero attached hydrogens (tertiary/aromatic N) is 1. The molecule has 0 N–H and O–H groups in total. The fourth-order valence-electron chi connectivity index (χ4n) is 3.15. The molecule has 0 bridgehead atoms. The van der Waals surface area contributed by atoms with Gasteiger partial charge < -0.3 is 9.64 Å². The zero-order valence-electron chi connectivity index (χ0n) is 13.7. The number of ether oxygens (including phenoxy) is 1. The normalized spacial score (nSPS) is 23.2. The van der Waals surface area contributed by atoms with Crippen LogP contribution in [0.3, 0.4) is 0 Å². The van der Waals surface area contributed by atoms with Crippen LogP contribution in [0, 0.1) is 19.8 Å². The van der Waals surface area contributed by atoms with Crippen LogP contribution in [0.15, 0.2) is 18.2 Å². The number of aryl methyl sites for hydroxylation is 2. The average molecular weight is 289 g/mol. The van der Waals surface area contributed by atoms with Gasteiger partial charge in [0.05, 0.1) is 6.10 Å². The molecule has 1 aromatic rings. The SMILES string of the molecule is COC1CN(CCC(=O)c2cc(C)cc(C)c2)CCC1C. The highest BCUT2D eigenvalue weighted by atomic mass is 16.5. The predicted molar refractivity (Wildman–Crippen MR) is 85.9 cm³/mol. The van der Waals surface area contributed by atoms with Crippen LogP contribution in [0.1, 0.15) is 41.3 Å². The minimum atomic E-state index is 0.245. The van der Waals surface area contributed by atoms with Crippen molar-refractivity contribution in [3.63, 3.8) is 0 Å². The Morgan fingerprint density at radius 2 is 1.95 bits per heavy atom. The molecule has 3 heteroatoms. The fraction of sp³-hybridized carbons (Fsp3) is 0.611. The van der Waals surface area contributed by atoms with E-state index in [9.17, 15) is 4.79 Å². The molecule has 2 unspecified atom stereocenters. The number of piperidine rings is 1. The van der Waals surface area contributed by atoms with Crippen LogP contribution < -0.4 is 0 Å². The van der Waals surface area contributed by atoms with Crippen molar-refractivity contribution in [1.82, 2.24) is 4.90 Å². The Morgan fingerprint density at radius 1 is 1.29 bits per heavy atom. The number of hydrogen-bond donors (Lipinski definition) is 0. The van der Waals surface area contributed by atoms with Crippen LogP contribution in [0.2, 0.25) is 0 Å². The van der Waals surface area contributed by atoms with Crippen molar-refractivity contribution in [3.05, 3.63) is 34.9 Å². The van der Waals surface area contributed by atoms with E-state index in [1.807, 2.05) is 26.0 Å². The Bertz CT molecular complexity index is 478. The van der Waals surface area contributed by atoms with Crippen molar-refractivity contribution < 1.29 is 9.53 Å².